The van der Waals surface area contributed by atoms with Crippen molar-refractivity contribution in [2.45, 2.75) is 83.1 Å². The predicted molar refractivity (Wildman–Crippen MR) is 118 cm³/mol. The molecular formula is C19H34BrFN2O2SSi. The summed E-state index contributed by atoms with van der Waals surface area (Å²) in [5, 5.41) is 0.00898. The van der Waals surface area contributed by atoms with Crippen LogP contribution in [0, 0.1) is 0 Å². The van der Waals surface area contributed by atoms with Crippen LogP contribution in [0.2, 0.25) is 18.1 Å². The second-order valence-corrected chi connectivity index (χ2v) is 16.9. The van der Waals surface area contributed by atoms with Crippen molar-refractivity contribution < 1.29 is 13.4 Å². The number of hydrogen-bond donors (Lipinski definition) is 1. The Bertz CT molecular complexity index is 608. The molecular weight excluding hydrogens is 447 g/mol. The minimum absolute atomic E-state index is 0.00898. The topological polar surface area (TPSA) is 57.2 Å². The Morgan fingerprint density at radius 3 is 2.33 bits per heavy atom. The van der Waals surface area contributed by atoms with Gasteiger partial charge in [0.1, 0.15) is 15.5 Å². The van der Waals surface area contributed by atoms with Gasteiger partial charge in [0, 0.05) is 17.8 Å². The smallest absolute Gasteiger partial charge is 0.192 e. The van der Waals surface area contributed by atoms with Crippen LogP contribution < -0.4 is 4.72 Å². The van der Waals surface area contributed by atoms with E-state index in [1.54, 1.807) is 0 Å². The molecule has 0 aliphatic rings. The highest BCUT2D eigenvalue weighted by Crippen LogP contribution is 2.40. The van der Waals surface area contributed by atoms with Crippen molar-refractivity contribution in [2.75, 3.05) is 6.54 Å². The maximum absolute atomic E-state index is 14.8. The van der Waals surface area contributed by atoms with Gasteiger partial charge in [-0.25, -0.2) is 9.37 Å². The van der Waals surface area contributed by atoms with Crippen LogP contribution in [0.5, 0.6) is 0 Å². The molecule has 0 amide bonds. The van der Waals surface area contributed by atoms with Crippen LogP contribution in [-0.4, -0.2) is 35.3 Å². The van der Waals surface area contributed by atoms with Crippen molar-refractivity contribution in [2.24, 2.45) is 0 Å². The first-order valence-corrected chi connectivity index (χ1v) is 14.1. The van der Waals surface area contributed by atoms with Crippen LogP contribution in [0.3, 0.4) is 0 Å². The van der Waals surface area contributed by atoms with E-state index in [0.29, 0.717) is 10.3 Å². The molecule has 0 aromatic carbocycles. The summed E-state index contributed by atoms with van der Waals surface area (Å²) in [5.41, 5.74) is 0.716. The zero-order valence-corrected chi connectivity index (χ0v) is 21.1. The molecule has 0 fully saturated rings. The summed E-state index contributed by atoms with van der Waals surface area (Å²) in [7, 11) is -2.11. The van der Waals surface area contributed by atoms with Crippen LogP contribution in [0.25, 0.3) is 0 Å². The average molecular weight is 482 g/mol. The Hall–Kier alpha value is 0.00688. The van der Waals surface area contributed by atoms with Crippen LogP contribution in [0.15, 0.2) is 22.8 Å². The van der Waals surface area contributed by atoms with E-state index in [9.17, 15) is 8.94 Å². The van der Waals surface area contributed by atoms with Crippen molar-refractivity contribution >= 4 is 35.6 Å². The number of nitrogens with zero attached hydrogens (tertiary/aromatic N) is 1. The number of pyridine rings is 1. The molecule has 0 spiro atoms. The lowest BCUT2D eigenvalue weighted by Crippen LogP contribution is -2.44. The zero-order chi connectivity index (χ0) is 21.0. The van der Waals surface area contributed by atoms with Gasteiger partial charge in [-0.1, -0.05) is 26.8 Å². The Kier molecular flexibility index (Phi) is 8.97. The number of halogens is 2. The molecule has 0 saturated carbocycles. The first-order chi connectivity index (χ1) is 12.1. The number of aromatic nitrogens is 1. The highest BCUT2D eigenvalue weighted by molar-refractivity contribution is 9.10. The Balaban J connectivity index is 2.92. The van der Waals surface area contributed by atoms with E-state index < -0.39 is 36.7 Å². The molecule has 0 saturated heterocycles. The lowest BCUT2D eigenvalue weighted by molar-refractivity contribution is 0.131. The lowest BCUT2D eigenvalue weighted by atomic mass is 10.1. The van der Waals surface area contributed by atoms with Gasteiger partial charge in [0.25, 0.3) is 0 Å². The Morgan fingerprint density at radius 2 is 1.85 bits per heavy atom. The van der Waals surface area contributed by atoms with Gasteiger partial charge in [0.05, 0.1) is 18.3 Å². The van der Waals surface area contributed by atoms with E-state index in [4.69, 9.17) is 4.43 Å². The largest absolute Gasteiger partial charge is 0.598 e. The van der Waals surface area contributed by atoms with Crippen molar-refractivity contribution in [1.29, 1.82) is 0 Å². The minimum atomic E-state index is -2.11. The van der Waals surface area contributed by atoms with E-state index in [0.717, 1.165) is 0 Å². The average Bonchev–Trinajstić information content (AvgIpc) is 2.49. The SMILES string of the molecule is CC(C)(C)[S+]([O-])NCC(F)CC(O[Si](C)(C)C(C)(C)C)c1cccc(Br)n1. The molecule has 1 aromatic rings. The van der Waals surface area contributed by atoms with Crippen LogP contribution in [0.4, 0.5) is 4.39 Å². The molecule has 8 heteroatoms. The van der Waals surface area contributed by atoms with E-state index in [1.807, 2.05) is 39.0 Å². The van der Waals surface area contributed by atoms with Gasteiger partial charge in [-0.15, -0.1) is 4.72 Å². The van der Waals surface area contributed by atoms with Gasteiger partial charge in [0.15, 0.2) is 8.32 Å². The lowest BCUT2D eigenvalue weighted by Gasteiger charge is -2.39. The quantitative estimate of drug-likeness (QED) is 0.295. The van der Waals surface area contributed by atoms with Crippen molar-refractivity contribution in [3.05, 3.63) is 28.5 Å². The van der Waals surface area contributed by atoms with Crippen LogP contribution in [0.1, 0.15) is 59.8 Å². The molecule has 1 N–H and O–H groups in total. The van der Waals surface area contributed by atoms with Crippen LogP contribution in [-0.2, 0) is 15.8 Å². The monoisotopic (exact) mass is 480 g/mol. The van der Waals surface area contributed by atoms with E-state index >= 15 is 0 Å². The zero-order valence-electron chi connectivity index (χ0n) is 17.7. The van der Waals surface area contributed by atoms with Crippen LogP contribution >= 0.6 is 15.9 Å². The third-order valence-electron chi connectivity index (χ3n) is 4.77. The molecule has 27 heavy (non-hydrogen) atoms. The molecule has 3 atom stereocenters. The van der Waals surface area contributed by atoms with E-state index in [-0.39, 0.29) is 18.0 Å². The first kappa shape index (κ1) is 25.0. The van der Waals surface area contributed by atoms with Crippen molar-refractivity contribution in [3.63, 3.8) is 0 Å². The molecule has 0 radical (unpaired) electrons. The maximum atomic E-state index is 14.8. The fourth-order valence-electron chi connectivity index (χ4n) is 2.06. The summed E-state index contributed by atoms with van der Waals surface area (Å²) >= 11 is 2.09. The number of rotatable bonds is 8. The molecule has 1 aromatic heterocycles. The standard InChI is InChI=1S/C19H34BrFN2O2SSi/c1-18(2,3)26(24)22-13-14(21)12-16(15-10-9-11-17(20)23-15)25-27(7,8)19(4,5)6/h9-11,14,16,22H,12-13H2,1-8H3. The van der Waals surface area contributed by atoms with Gasteiger partial charge in [0.2, 0.25) is 0 Å². The van der Waals surface area contributed by atoms with E-state index in [1.165, 1.54) is 0 Å². The number of hydrogen-bond acceptors (Lipinski definition) is 4. The fourth-order valence-corrected chi connectivity index (χ4v) is 4.47. The summed E-state index contributed by atoms with van der Waals surface area (Å²) < 4.78 is 36.5. The normalized spacial score (nSPS) is 16.9. The third-order valence-corrected chi connectivity index (χ3v) is 11.2. The fraction of sp³-hybridized carbons (Fsp3) is 0.737. The summed E-state index contributed by atoms with van der Waals surface area (Å²) in [6.45, 7) is 16.4. The van der Waals surface area contributed by atoms with Gasteiger partial charge in [-0.05, 0) is 67.0 Å². The molecule has 0 aliphatic heterocycles. The Labute approximate surface area is 176 Å². The second kappa shape index (κ2) is 9.67. The number of nitrogens with one attached hydrogen (secondary N) is 1. The highest BCUT2D eigenvalue weighted by atomic mass is 79.9. The molecule has 1 rings (SSSR count). The third kappa shape index (κ3) is 8.10. The highest BCUT2D eigenvalue weighted by Gasteiger charge is 2.40. The van der Waals surface area contributed by atoms with Gasteiger partial charge in [-0.2, -0.15) is 0 Å². The van der Waals surface area contributed by atoms with Gasteiger partial charge in [-0.3, -0.25) is 0 Å². The van der Waals surface area contributed by atoms with Gasteiger partial charge >= 0.3 is 0 Å². The molecule has 0 bridgehead atoms. The Morgan fingerprint density at radius 1 is 1.26 bits per heavy atom. The van der Waals surface area contributed by atoms with Gasteiger partial charge < -0.3 is 8.98 Å². The summed E-state index contributed by atoms with van der Waals surface area (Å²) in [6.07, 6.45) is -1.46. The molecule has 1 heterocycles. The van der Waals surface area contributed by atoms with Crippen molar-refractivity contribution in [3.8, 4) is 0 Å². The first-order valence-electron chi connectivity index (χ1n) is 9.23. The van der Waals surface area contributed by atoms with Crippen molar-refractivity contribution in [1.82, 2.24) is 9.71 Å². The molecule has 0 aliphatic carbocycles. The maximum Gasteiger partial charge on any atom is 0.192 e. The molecule has 4 nitrogen and oxygen atoms in total. The number of alkyl halides is 1. The molecule has 156 valence electrons. The van der Waals surface area contributed by atoms with E-state index in [2.05, 4.69) is 59.5 Å². The molecule has 3 unspecified atom stereocenters. The predicted octanol–water partition coefficient (Wildman–Crippen LogP) is 5.69. The summed E-state index contributed by atoms with van der Waals surface area (Å²) in [5.74, 6) is 0. The summed E-state index contributed by atoms with van der Waals surface area (Å²) in [6, 6.07) is 5.60. The minimum Gasteiger partial charge on any atom is -0.598 e. The summed E-state index contributed by atoms with van der Waals surface area (Å²) in [4.78, 5) is 4.49. The second-order valence-electron chi connectivity index (χ2n) is 9.31.